The second-order valence-electron chi connectivity index (χ2n) is 4.90. The van der Waals surface area contributed by atoms with Gasteiger partial charge in [-0.05, 0) is 25.2 Å². The molecule has 1 aliphatic rings. The van der Waals surface area contributed by atoms with E-state index in [0.717, 1.165) is 6.42 Å². The predicted octanol–water partition coefficient (Wildman–Crippen LogP) is 2.28. The van der Waals surface area contributed by atoms with E-state index in [4.69, 9.17) is 4.74 Å². The molecule has 0 spiro atoms. The zero-order chi connectivity index (χ0) is 13.6. The van der Waals surface area contributed by atoms with Gasteiger partial charge >= 0.3 is 5.82 Å². The molecule has 0 bridgehead atoms. The van der Waals surface area contributed by atoms with E-state index in [1.54, 1.807) is 11.6 Å². The van der Waals surface area contributed by atoms with Gasteiger partial charge in [-0.15, -0.1) is 0 Å². The molecule has 3 rings (SSSR count). The molecule has 1 fully saturated rings. The molecule has 2 aromatic rings. The minimum atomic E-state index is -0.404. The summed E-state index contributed by atoms with van der Waals surface area (Å²) in [5.41, 5.74) is -0.325. The summed E-state index contributed by atoms with van der Waals surface area (Å²) in [4.78, 5) is 15.8. The number of imidazole rings is 1. The van der Waals surface area contributed by atoms with Crippen LogP contribution in [-0.2, 0) is 4.74 Å². The van der Waals surface area contributed by atoms with E-state index < -0.39 is 4.92 Å². The van der Waals surface area contributed by atoms with Gasteiger partial charge in [0.05, 0.1) is 11.6 Å². The molecule has 19 heavy (non-hydrogen) atoms. The number of fused-ring (bicyclic) bond motifs is 1. The second kappa shape index (κ2) is 4.17. The maximum absolute atomic E-state index is 11.2. The number of nitrogens with zero attached hydrogens (tertiary/aromatic N) is 3. The van der Waals surface area contributed by atoms with Crippen LogP contribution in [0.25, 0.3) is 4.96 Å². The largest absolute Gasteiger partial charge is 0.376 e. The summed E-state index contributed by atoms with van der Waals surface area (Å²) in [5, 5.41) is 16.2. The van der Waals surface area contributed by atoms with E-state index >= 15 is 0 Å². The van der Waals surface area contributed by atoms with Gasteiger partial charge in [-0.3, -0.25) is 0 Å². The lowest BCUT2D eigenvalue weighted by Crippen LogP contribution is -2.41. The van der Waals surface area contributed by atoms with E-state index in [9.17, 15) is 10.1 Å². The Morgan fingerprint density at radius 3 is 3.16 bits per heavy atom. The van der Waals surface area contributed by atoms with Gasteiger partial charge in [0.1, 0.15) is 6.20 Å². The third kappa shape index (κ3) is 1.87. The number of anilines is 1. The van der Waals surface area contributed by atoms with Crippen LogP contribution in [0, 0.1) is 10.1 Å². The molecule has 2 unspecified atom stereocenters. The third-order valence-electron chi connectivity index (χ3n) is 3.70. The lowest BCUT2D eigenvalue weighted by Gasteiger charge is -2.28. The standard InChI is InChI=1S/C11H14N4O3S/c1-7-11(2,3-5-18-7)13-8-9(15(16)17)14-4-6-19-10(14)12-8/h4,6-7,13H,3,5H2,1-2H3. The molecule has 0 aliphatic carbocycles. The highest BCUT2D eigenvalue weighted by atomic mass is 32.1. The molecule has 0 aromatic carbocycles. The van der Waals surface area contributed by atoms with Crippen molar-refractivity contribution >= 4 is 27.9 Å². The Balaban J connectivity index is 2.03. The first-order valence-electron chi connectivity index (χ1n) is 6.01. The molecule has 3 heterocycles. The Morgan fingerprint density at radius 1 is 1.74 bits per heavy atom. The van der Waals surface area contributed by atoms with E-state index in [-0.39, 0.29) is 17.5 Å². The average molecular weight is 282 g/mol. The van der Waals surface area contributed by atoms with E-state index in [2.05, 4.69) is 10.3 Å². The fourth-order valence-electron chi connectivity index (χ4n) is 2.30. The predicted molar refractivity (Wildman–Crippen MR) is 71.8 cm³/mol. The lowest BCUT2D eigenvalue weighted by atomic mass is 9.95. The van der Waals surface area contributed by atoms with Crippen LogP contribution in [0.5, 0.6) is 0 Å². The van der Waals surface area contributed by atoms with Gasteiger partial charge in [0.25, 0.3) is 4.96 Å². The van der Waals surface area contributed by atoms with Crippen molar-refractivity contribution < 1.29 is 9.66 Å². The lowest BCUT2D eigenvalue weighted by molar-refractivity contribution is -0.389. The van der Waals surface area contributed by atoms with Crippen molar-refractivity contribution in [3.8, 4) is 0 Å². The van der Waals surface area contributed by atoms with Gasteiger partial charge < -0.3 is 20.2 Å². The van der Waals surface area contributed by atoms with Crippen LogP contribution >= 0.6 is 11.3 Å². The Labute approximate surface area is 113 Å². The molecule has 2 aromatic heterocycles. The minimum absolute atomic E-state index is 0.00756. The first-order chi connectivity index (χ1) is 9.01. The minimum Gasteiger partial charge on any atom is -0.376 e. The molecule has 8 heteroatoms. The quantitative estimate of drug-likeness (QED) is 0.690. The maximum atomic E-state index is 11.2. The van der Waals surface area contributed by atoms with Gasteiger partial charge in [0, 0.05) is 12.0 Å². The number of hydrogen-bond donors (Lipinski definition) is 1. The van der Waals surface area contributed by atoms with Crippen molar-refractivity contribution in [2.24, 2.45) is 0 Å². The SMILES string of the molecule is CC1OCCC1(C)Nc1nc2sccn2c1[N+](=O)[O-]. The van der Waals surface area contributed by atoms with Crippen molar-refractivity contribution in [1.82, 2.24) is 9.38 Å². The highest BCUT2D eigenvalue weighted by molar-refractivity contribution is 7.15. The molecule has 0 radical (unpaired) electrons. The number of rotatable bonds is 3. The summed E-state index contributed by atoms with van der Waals surface area (Å²) in [7, 11) is 0. The number of nitro groups is 1. The summed E-state index contributed by atoms with van der Waals surface area (Å²) >= 11 is 1.37. The van der Waals surface area contributed by atoms with Crippen LogP contribution in [-0.4, -0.2) is 32.6 Å². The van der Waals surface area contributed by atoms with Gasteiger partial charge in [-0.2, -0.15) is 9.38 Å². The third-order valence-corrected chi connectivity index (χ3v) is 4.46. The zero-order valence-corrected chi connectivity index (χ0v) is 11.4. The van der Waals surface area contributed by atoms with Crippen molar-refractivity contribution in [3.63, 3.8) is 0 Å². The molecular weight excluding hydrogens is 268 g/mol. The van der Waals surface area contributed by atoms with Crippen molar-refractivity contribution in [1.29, 1.82) is 0 Å². The number of hydrogen-bond acceptors (Lipinski definition) is 6. The Morgan fingerprint density at radius 2 is 2.53 bits per heavy atom. The molecule has 0 amide bonds. The van der Waals surface area contributed by atoms with Crippen LogP contribution in [0.4, 0.5) is 11.6 Å². The molecule has 0 saturated carbocycles. The fourth-order valence-corrected chi connectivity index (χ4v) is 3.01. The molecule has 1 N–H and O–H groups in total. The Kier molecular flexibility index (Phi) is 2.72. The van der Waals surface area contributed by atoms with E-state index in [0.29, 0.717) is 17.4 Å². The second-order valence-corrected chi connectivity index (χ2v) is 5.78. The van der Waals surface area contributed by atoms with Crippen molar-refractivity contribution in [2.45, 2.75) is 31.9 Å². The summed E-state index contributed by atoms with van der Waals surface area (Å²) in [6.07, 6.45) is 2.45. The highest BCUT2D eigenvalue weighted by Gasteiger charge is 2.39. The van der Waals surface area contributed by atoms with E-state index in [1.165, 1.54) is 15.7 Å². The van der Waals surface area contributed by atoms with Crippen LogP contribution in [0.3, 0.4) is 0 Å². The topological polar surface area (TPSA) is 81.7 Å². The van der Waals surface area contributed by atoms with Crippen LogP contribution in [0.15, 0.2) is 11.6 Å². The van der Waals surface area contributed by atoms with Gasteiger partial charge in [-0.25, -0.2) is 0 Å². The molecule has 7 nitrogen and oxygen atoms in total. The average Bonchev–Trinajstić information content (AvgIpc) is 2.95. The van der Waals surface area contributed by atoms with Gasteiger partial charge in [0.15, 0.2) is 0 Å². The van der Waals surface area contributed by atoms with Crippen molar-refractivity contribution in [3.05, 3.63) is 21.7 Å². The molecule has 1 saturated heterocycles. The van der Waals surface area contributed by atoms with Crippen LogP contribution < -0.4 is 5.32 Å². The zero-order valence-electron chi connectivity index (χ0n) is 10.6. The summed E-state index contributed by atoms with van der Waals surface area (Å²) in [6.45, 7) is 4.62. The smallest absolute Gasteiger partial charge is 0.372 e. The molecule has 2 atom stereocenters. The monoisotopic (exact) mass is 282 g/mol. The summed E-state index contributed by atoms with van der Waals surface area (Å²) in [6, 6.07) is 0. The Bertz CT molecular complexity index is 637. The van der Waals surface area contributed by atoms with Crippen LogP contribution in [0.2, 0.25) is 0 Å². The first kappa shape index (κ1) is 12.4. The van der Waals surface area contributed by atoms with Crippen LogP contribution in [0.1, 0.15) is 20.3 Å². The number of nitrogens with one attached hydrogen (secondary N) is 1. The van der Waals surface area contributed by atoms with Crippen molar-refractivity contribution in [2.75, 3.05) is 11.9 Å². The molecular formula is C11H14N4O3S. The number of aromatic nitrogens is 2. The maximum Gasteiger partial charge on any atom is 0.372 e. The highest BCUT2D eigenvalue weighted by Crippen LogP contribution is 2.34. The fraction of sp³-hybridized carbons (Fsp3) is 0.545. The molecule has 102 valence electrons. The van der Waals surface area contributed by atoms with E-state index in [1.807, 2.05) is 13.8 Å². The molecule has 1 aliphatic heterocycles. The number of ether oxygens (including phenoxy) is 1. The summed E-state index contributed by atoms with van der Waals surface area (Å²) < 4.78 is 7.03. The first-order valence-corrected chi connectivity index (χ1v) is 6.89. The van der Waals surface area contributed by atoms with Gasteiger partial charge in [-0.1, -0.05) is 11.3 Å². The Hall–Kier alpha value is -1.67. The van der Waals surface area contributed by atoms with Gasteiger partial charge in [0.2, 0.25) is 5.82 Å². The normalized spacial score (nSPS) is 26.9. The number of thiazole rings is 1. The summed E-state index contributed by atoms with van der Waals surface area (Å²) in [5.74, 6) is 0.299.